The van der Waals surface area contributed by atoms with E-state index in [1.165, 1.54) is 10.9 Å². The van der Waals surface area contributed by atoms with E-state index in [-0.39, 0.29) is 6.09 Å². The van der Waals surface area contributed by atoms with Crippen molar-refractivity contribution in [3.05, 3.63) is 30.1 Å². The van der Waals surface area contributed by atoms with Gasteiger partial charge in [-0.1, -0.05) is 6.07 Å². The molecule has 2 aliphatic rings. The van der Waals surface area contributed by atoms with Gasteiger partial charge in [-0.05, 0) is 57.6 Å². The lowest BCUT2D eigenvalue weighted by Crippen LogP contribution is -2.44. The summed E-state index contributed by atoms with van der Waals surface area (Å²) >= 11 is 0. The van der Waals surface area contributed by atoms with E-state index in [1.54, 1.807) is 0 Å². The maximum atomic E-state index is 12.3. The van der Waals surface area contributed by atoms with Gasteiger partial charge in [0.2, 0.25) is 0 Å². The third kappa shape index (κ3) is 3.73. The second kappa shape index (κ2) is 7.15. The smallest absolute Gasteiger partial charge is 0.410 e. The first kappa shape index (κ1) is 18.8. The van der Waals surface area contributed by atoms with Crippen molar-refractivity contribution in [1.82, 2.24) is 9.88 Å². The zero-order valence-electron chi connectivity index (χ0n) is 17.1. The molecule has 1 saturated heterocycles. The summed E-state index contributed by atoms with van der Waals surface area (Å²) in [4.78, 5) is 20.9. The second-order valence-corrected chi connectivity index (χ2v) is 9.01. The minimum absolute atomic E-state index is 0.195. The Morgan fingerprint density at radius 1 is 1.21 bits per heavy atom. The number of carbonyl (C=O) groups excluding carboxylic acids is 1. The Balaban J connectivity index is 1.44. The van der Waals surface area contributed by atoms with Gasteiger partial charge in [-0.15, -0.1) is 0 Å². The van der Waals surface area contributed by atoms with Crippen molar-refractivity contribution >= 4 is 28.2 Å². The molecular weight excluding hydrogens is 352 g/mol. The maximum absolute atomic E-state index is 12.3. The highest BCUT2D eigenvalue weighted by molar-refractivity contribution is 6.02. The molecule has 4 rings (SSSR count). The molecule has 28 heavy (non-hydrogen) atoms. The van der Waals surface area contributed by atoms with Gasteiger partial charge >= 0.3 is 6.09 Å². The van der Waals surface area contributed by atoms with Crippen molar-refractivity contribution in [3.8, 4) is 0 Å². The van der Waals surface area contributed by atoms with Crippen LogP contribution in [-0.2, 0) is 11.2 Å². The first-order valence-electron chi connectivity index (χ1n) is 10.2. The highest BCUT2D eigenvalue weighted by Gasteiger charge is 2.29. The number of nitrogen functional groups attached to an aromatic ring is 1. The van der Waals surface area contributed by atoms with Crippen LogP contribution in [0.15, 0.2) is 24.5 Å². The quantitative estimate of drug-likeness (QED) is 0.800. The number of rotatable bonds is 2. The van der Waals surface area contributed by atoms with E-state index >= 15 is 0 Å². The van der Waals surface area contributed by atoms with Gasteiger partial charge in [-0.2, -0.15) is 0 Å². The number of ether oxygens (including phenoxy) is 1. The lowest BCUT2D eigenvalue weighted by molar-refractivity contribution is 0.0186. The minimum atomic E-state index is -0.444. The fourth-order valence-electron chi connectivity index (χ4n) is 4.36. The van der Waals surface area contributed by atoms with E-state index in [1.807, 2.05) is 44.1 Å². The second-order valence-electron chi connectivity index (χ2n) is 9.01. The number of likely N-dealkylation sites (tertiary alicyclic amines) is 1. The Hall–Kier alpha value is -2.50. The third-order valence-corrected chi connectivity index (χ3v) is 5.72. The highest BCUT2D eigenvalue weighted by Crippen LogP contribution is 2.39. The van der Waals surface area contributed by atoms with Crippen LogP contribution in [-0.4, -0.2) is 47.8 Å². The molecule has 0 unspecified atom stereocenters. The SMILES string of the molecule is CC(C)(C)OC(=O)N1CCC(CN2CCc3cncc4ccc(N)c2c34)CC1. The largest absolute Gasteiger partial charge is 0.444 e. The Bertz CT molecular complexity index is 882. The number of amides is 1. The molecule has 150 valence electrons. The number of anilines is 2. The molecule has 0 atom stereocenters. The molecular formula is C22H30N4O2. The molecule has 3 heterocycles. The van der Waals surface area contributed by atoms with Crippen LogP contribution in [0.2, 0.25) is 0 Å². The van der Waals surface area contributed by atoms with Gasteiger partial charge in [-0.25, -0.2) is 4.79 Å². The maximum Gasteiger partial charge on any atom is 0.410 e. The van der Waals surface area contributed by atoms with Gasteiger partial charge in [-0.3, -0.25) is 4.98 Å². The molecule has 1 amide bonds. The Morgan fingerprint density at radius 2 is 1.96 bits per heavy atom. The van der Waals surface area contributed by atoms with Crippen LogP contribution >= 0.6 is 0 Å². The zero-order valence-corrected chi connectivity index (χ0v) is 17.1. The predicted molar refractivity (Wildman–Crippen MR) is 113 cm³/mol. The van der Waals surface area contributed by atoms with Crippen LogP contribution in [0, 0.1) is 5.92 Å². The standard InChI is InChI=1S/C22H30N4O2/c1-22(2,3)28-21(27)25-9-6-15(7-10-25)14-26-11-8-17-13-24-12-16-4-5-18(23)20(26)19(16)17/h4-5,12-13,15H,6-11,14,23H2,1-3H3. The van der Waals surface area contributed by atoms with Crippen LogP contribution in [0.25, 0.3) is 10.8 Å². The lowest BCUT2D eigenvalue weighted by Gasteiger charge is -2.38. The predicted octanol–water partition coefficient (Wildman–Crippen LogP) is 3.83. The lowest BCUT2D eigenvalue weighted by atomic mass is 9.93. The summed E-state index contributed by atoms with van der Waals surface area (Å²) in [5, 5.41) is 2.42. The molecule has 0 spiro atoms. The Labute approximate surface area is 166 Å². The number of hydrogen-bond acceptors (Lipinski definition) is 5. The van der Waals surface area contributed by atoms with E-state index < -0.39 is 5.60 Å². The number of nitrogens with zero attached hydrogens (tertiary/aromatic N) is 3. The van der Waals surface area contributed by atoms with Crippen LogP contribution in [0.4, 0.5) is 16.2 Å². The summed E-state index contributed by atoms with van der Waals surface area (Å²) in [7, 11) is 0. The Kier molecular flexibility index (Phi) is 4.81. The number of piperidine rings is 1. The molecule has 0 bridgehead atoms. The molecule has 0 saturated carbocycles. The van der Waals surface area contributed by atoms with Crippen molar-refractivity contribution < 1.29 is 9.53 Å². The van der Waals surface area contributed by atoms with Crippen molar-refractivity contribution in [2.75, 3.05) is 36.8 Å². The molecule has 1 aromatic carbocycles. The topological polar surface area (TPSA) is 71.7 Å². The molecule has 0 radical (unpaired) electrons. The molecule has 2 N–H and O–H groups in total. The van der Waals surface area contributed by atoms with E-state index in [4.69, 9.17) is 10.5 Å². The van der Waals surface area contributed by atoms with Crippen molar-refractivity contribution in [2.45, 2.75) is 45.6 Å². The van der Waals surface area contributed by atoms with Crippen LogP contribution in [0.3, 0.4) is 0 Å². The van der Waals surface area contributed by atoms with Crippen LogP contribution in [0.5, 0.6) is 0 Å². The van der Waals surface area contributed by atoms with Gasteiger partial charge in [0, 0.05) is 49.3 Å². The summed E-state index contributed by atoms with van der Waals surface area (Å²) in [5.41, 5.74) is 9.23. The van der Waals surface area contributed by atoms with Crippen molar-refractivity contribution in [1.29, 1.82) is 0 Å². The molecule has 1 aromatic heterocycles. The first-order valence-corrected chi connectivity index (χ1v) is 10.2. The van der Waals surface area contributed by atoms with Gasteiger partial charge in [0.1, 0.15) is 5.60 Å². The summed E-state index contributed by atoms with van der Waals surface area (Å²) in [6, 6.07) is 4.06. The van der Waals surface area contributed by atoms with Gasteiger partial charge in [0.15, 0.2) is 0 Å². The summed E-state index contributed by atoms with van der Waals surface area (Å²) in [6.45, 7) is 9.19. The number of nitrogens with two attached hydrogens (primary N) is 1. The number of benzene rings is 1. The number of aromatic nitrogens is 1. The van der Waals surface area contributed by atoms with Gasteiger partial charge in [0.05, 0.1) is 11.4 Å². The number of carbonyl (C=O) groups is 1. The van der Waals surface area contributed by atoms with Gasteiger partial charge < -0.3 is 20.3 Å². The average molecular weight is 383 g/mol. The summed E-state index contributed by atoms with van der Waals surface area (Å²) in [5.74, 6) is 0.553. The normalized spacial score (nSPS) is 17.8. The van der Waals surface area contributed by atoms with E-state index in [0.29, 0.717) is 5.92 Å². The molecule has 0 aliphatic carbocycles. The van der Waals surface area contributed by atoms with E-state index in [9.17, 15) is 4.79 Å². The summed E-state index contributed by atoms with van der Waals surface area (Å²) < 4.78 is 5.51. The first-order chi connectivity index (χ1) is 13.3. The van der Waals surface area contributed by atoms with E-state index in [0.717, 1.165) is 62.2 Å². The monoisotopic (exact) mass is 382 g/mol. The zero-order chi connectivity index (χ0) is 19.9. The third-order valence-electron chi connectivity index (χ3n) is 5.72. The minimum Gasteiger partial charge on any atom is -0.444 e. The molecule has 6 nitrogen and oxygen atoms in total. The molecule has 2 aromatic rings. The average Bonchev–Trinajstić information content (AvgIpc) is 2.65. The van der Waals surface area contributed by atoms with E-state index in [2.05, 4.69) is 16.0 Å². The molecule has 1 fully saturated rings. The van der Waals surface area contributed by atoms with Crippen LogP contribution in [0.1, 0.15) is 39.2 Å². The number of pyridine rings is 1. The fourth-order valence-corrected chi connectivity index (χ4v) is 4.36. The van der Waals surface area contributed by atoms with Crippen molar-refractivity contribution in [2.24, 2.45) is 5.92 Å². The molecule has 2 aliphatic heterocycles. The Morgan fingerprint density at radius 3 is 2.68 bits per heavy atom. The summed E-state index contributed by atoms with van der Waals surface area (Å²) in [6.07, 6.45) is 6.69. The number of hydrogen-bond donors (Lipinski definition) is 1. The molecule has 6 heteroatoms. The highest BCUT2D eigenvalue weighted by atomic mass is 16.6. The fraction of sp³-hybridized carbons (Fsp3) is 0.545. The van der Waals surface area contributed by atoms with Crippen molar-refractivity contribution in [3.63, 3.8) is 0 Å². The van der Waals surface area contributed by atoms with Gasteiger partial charge in [0.25, 0.3) is 0 Å². The van der Waals surface area contributed by atoms with Crippen LogP contribution < -0.4 is 10.6 Å².